The van der Waals surface area contributed by atoms with Gasteiger partial charge in [0.2, 0.25) is 0 Å². The van der Waals surface area contributed by atoms with Gasteiger partial charge in [-0.3, -0.25) is 9.78 Å². The van der Waals surface area contributed by atoms with Gasteiger partial charge in [0, 0.05) is 23.9 Å². The second kappa shape index (κ2) is 5.91. The molecule has 4 heteroatoms. The highest BCUT2D eigenvalue weighted by molar-refractivity contribution is 5.97. The summed E-state index contributed by atoms with van der Waals surface area (Å²) in [7, 11) is 0. The number of Topliss-reactive ketones (excluding diaryl/α,β-unsaturated/α-hetero) is 1. The van der Waals surface area contributed by atoms with E-state index >= 15 is 0 Å². The summed E-state index contributed by atoms with van der Waals surface area (Å²) >= 11 is 0. The third-order valence-electron chi connectivity index (χ3n) is 2.79. The predicted octanol–water partition coefficient (Wildman–Crippen LogP) is 2.60. The maximum Gasteiger partial charge on any atom is 0.335 e. The average molecular weight is 255 g/mol. The van der Waals surface area contributed by atoms with E-state index in [1.165, 1.54) is 12.1 Å². The predicted molar refractivity (Wildman–Crippen MR) is 70.3 cm³/mol. The fourth-order valence-corrected chi connectivity index (χ4v) is 1.73. The van der Waals surface area contributed by atoms with Crippen LogP contribution in [0.3, 0.4) is 0 Å². The molecule has 2 aromatic rings. The summed E-state index contributed by atoms with van der Waals surface area (Å²) in [4.78, 5) is 26.8. The van der Waals surface area contributed by atoms with Crippen molar-refractivity contribution in [2.75, 3.05) is 0 Å². The molecular formula is C15H13NO3. The van der Waals surface area contributed by atoms with E-state index in [9.17, 15) is 9.59 Å². The first kappa shape index (κ1) is 13.0. The third-order valence-corrected chi connectivity index (χ3v) is 2.79. The van der Waals surface area contributed by atoms with Crippen LogP contribution in [0.25, 0.3) is 0 Å². The summed E-state index contributed by atoms with van der Waals surface area (Å²) in [5.74, 6) is -1.00. The molecule has 0 fully saturated rings. The number of carbonyl (C=O) groups is 2. The minimum absolute atomic E-state index is 0.0115. The number of ketones is 1. The smallest absolute Gasteiger partial charge is 0.335 e. The normalized spacial score (nSPS) is 10.1. The SMILES string of the molecule is O=C(O)c1ccc(C(=O)CCc2ccccn2)cc1. The van der Waals surface area contributed by atoms with Crippen molar-refractivity contribution in [3.63, 3.8) is 0 Å². The Balaban J connectivity index is 1.98. The van der Waals surface area contributed by atoms with Crippen LogP contribution in [0.2, 0.25) is 0 Å². The Morgan fingerprint density at radius 3 is 2.26 bits per heavy atom. The van der Waals surface area contributed by atoms with Crippen molar-refractivity contribution in [1.29, 1.82) is 0 Å². The molecule has 4 nitrogen and oxygen atoms in total. The van der Waals surface area contributed by atoms with E-state index in [-0.39, 0.29) is 11.3 Å². The maximum atomic E-state index is 11.9. The Morgan fingerprint density at radius 2 is 1.68 bits per heavy atom. The highest BCUT2D eigenvalue weighted by Crippen LogP contribution is 2.09. The topological polar surface area (TPSA) is 67.3 Å². The minimum atomic E-state index is -0.993. The van der Waals surface area contributed by atoms with Crippen LogP contribution in [0, 0.1) is 0 Å². The van der Waals surface area contributed by atoms with Crippen LogP contribution in [-0.4, -0.2) is 21.8 Å². The average Bonchev–Trinajstić information content (AvgIpc) is 2.46. The van der Waals surface area contributed by atoms with Gasteiger partial charge >= 0.3 is 5.97 Å². The number of hydrogen-bond donors (Lipinski definition) is 1. The molecule has 0 radical (unpaired) electrons. The minimum Gasteiger partial charge on any atom is -0.478 e. The van der Waals surface area contributed by atoms with Gasteiger partial charge in [-0.25, -0.2) is 4.79 Å². The molecule has 0 spiro atoms. The van der Waals surface area contributed by atoms with Crippen LogP contribution >= 0.6 is 0 Å². The quantitative estimate of drug-likeness (QED) is 0.834. The largest absolute Gasteiger partial charge is 0.478 e. The Kier molecular flexibility index (Phi) is 4.03. The molecule has 0 aliphatic heterocycles. The Morgan fingerprint density at radius 1 is 1.00 bits per heavy atom. The Hall–Kier alpha value is -2.49. The number of aromatic nitrogens is 1. The number of carbonyl (C=O) groups excluding carboxylic acids is 1. The van der Waals surface area contributed by atoms with Crippen molar-refractivity contribution in [2.45, 2.75) is 12.8 Å². The summed E-state index contributed by atoms with van der Waals surface area (Å²) in [6, 6.07) is 11.6. The van der Waals surface area contributed by atoms with E-state index in [0.29, 0.717) is 18.4 Å². The molecule has 0 saturated carbocycles. The second-order valence-electron chi connectivity index (χ2n) is 4.13. The summed E-state index contributed by atoms with van der Waals surface area (Å²) in [5.41, 5.74) is 1.58. The van der Waals surface area contributed by atoms with E-state index in [1.54, 1.807) is 18.3 Å². The fourth-order valence-electron chi connectivity index (χ4n) is 1.73. The number of hydrogen-bond acceptors (Lipinski definition) is 3. The molecule has 0 aliphatic rings. The number of pyridine rings is 1. The molecule has 0 bridgehead atoms. The van der Waals surface area contributed by atoms with Crippen LogP contribution in [0.1, 0.15) is 32.8 Å². The van der Waals surface area contributed by atoms with Crippen LogP contribution in [0.5, 0.6) is 0 Å². The zero-order chi connectivity index (χ0) is 13.7. The van der Waals surface area contributed by atoms with Gasteiger partial charge in [-0.05, 0) is 30.7 Å². The van der Waals surface area contributed by atoms with Gasteiger partial charge < -0.3 is 5.11 Å². The molecule has 19 heavy (non-hydrogen) atoms. The molecule has 1 aromatic heterocycles. The second-order valence-corrected chi connectivity index (χ2v) is 4.13. The maximum absolute atomic E-state index is 11.9. The number of aromatic carboxylic acids is 1. The van der Waals surface area contributed by atoms with Gasteiger partial charge in [0.25, 0.3) is 0 Å². The molecule has 1 N–H and O–H groups in total. The fraction of sp³-hybridized carbons (Fsp3) is 0.133. The Bertz CT molecular complexity index is 576. The first-order chi connectivity index (χ1) is 9.16. The highest BCUT2D eigenvalue weighted by Gasteiger charge is 2.08. The molecule has 0 aliphatic carbocycles. The number of nitrogens with zero attached hydrogens (tertiary/aromatic N) is 1. The Labute approximate surface area is 110 Å². The molecule has 2 rings (SSSR count). The lowest BCUT2D eigenvalue weighted by atomic mass is 10.0. The molecule has 0 saturated heterocycles. The summed E-state index contributed by atoms with van der Waals surface area (Å²) in [5, 5.41) is 8.77. The van der Waals surface area contributed by atoms with Crippen molar-refractivity contribution in [3.05, 3.63) is 65.5 Å². The number of benzene rings is 1. The number of rotatable bonds is 5. The van der Waals surface area contributed by atoms with Crippen LogP contribution in [0.15, 0.2) is 48.7 Å². The third kappa shape index (κ3) is 3.48. The zero-order valence-electron chi connectivity index (χ0n) is 10.2. The van der Waals surface area contributed by atoms with Crippen molar-refractivity contribution in [2.24, 2.45) is 0 Å². The molecule has 1 aromatic carbocycles. The number of carboxylic acid groups (broad SMARTS) is 1. The molecule has 0 atom stereocenters. The van der Waals surface area contributed by atoms with E-state index in [1.807, 2.05) is 18.2 Å². The monoisotopic (exact) mass is 255 g/mol. The van der Waals surface area contributed by atoms with Crippen LogP contribution < -0.4 is 0 Å². The van der Waals surface area contributed by atoms with Crippen LogP contribution in [0.4, 0.5) is 0 Å². The van der Waals surface area contributed by atoms with E-state index in [2.05, 4.69) is 4.98 Å². The van der Waals surface area contributed by atoms with E-state index in [0.717, 1.165) is 5.69 Å². The van der Waals surface area contributed by atoms with Crippen molar-refractivity contribution >= 4 is 11.8 Å². The van der Waals surface area contributed by atoms with Crippen molar-refractivity contribution in [3.8, 4) is 0 Å². The number of carboxylic acids is 1. The van der Waals surface area contributed by atoms with E-state index < -0.39 is 5.97 Å². The van der Waals surface area contributed by atoms with Gasteiger partial charge in [0.15, 0.2) is 5.78 Å². The van der Waals surface area contributed by atoms with Crippen LogP contribution in [-0.2, 0) is 6.42 Å². The van der Waals surface area contributed by atoms with E-state index in [4.69, 9.17) is 5.11 Å². The summed E-state index contributed by atoms with van der Waals surface area (Å²) in [6.45, 7) is 0. The van der Waals surface area contributed by atoms with Gasteiger partial charge in [-0.1, -0.05) is 18.2 Å². The molecule has 96 valence electrons. The lowest BCUT2D eigenvalue weighted by Gasteiger charge is -2.02. The molecule has 1 heterocycles. The standard InChI is InChI=1S/C15H13NO3/c17-14(9-8-13-3-1-2-10-16-13)11-4-6-12(7-5-11)15(18)19/h1-7,10H,8-9H2,(H,18,19). The summed E-state index contributed by atoms with van der Waals surface area (Å²) in [6.07, 6.45) is 2.64. The first-order valence-corrected chi connectivity index (χ1v) is 5.93. The van der Waals surface area contributed by atoms with Gasteiger partial charge in [-0.15, -0.1) is 0 Å². The zero-order valence-corrected chi connectivity index (χ0v) is 10.2. The number of aryl methyl sites for hydroxylation is 1. The van der Waals surface area contributed by atoms with Crippen molar-refractivity contribution < 1.29 is 14.7 Å². The molecule has 0 amide bonds. The van der Waals surface area contributed by atoms with Gasteiger partial charge in [0.1, 0.15) is 0 Å². The molecular weight excluding hydrogens is 242 g/mol. The highest BCUT2D eigenvalue weighted by atomic mass is 16.4. The van der Waals surface area contributed by atoms with Crippen molar-refractivity contribution in [1.82, 2.24) is 4.98 Å². The molecule has 0 unspecified atom stereocenters. The van der Waals surface area contributed by atoms with Gasteiger partial charge in [0.05, 0.1) is 5.56 Å². The summed E-state index contributed by atoms with van der Waals surface area (Å²) < 4.78 is 0. The first-order valence-electron chi connectivity index (χ1n) is 5.93. The van der Waals surface area contributed by atoms with Gasteiger partial charge in [-0.2, -0.15) is 0 Å². The lowest BCUT2D eigenvalue weighted by Crippen LogP contribution is -2.03. The lowest BCUT2D eigenvalue weighted by molar-refractivity contribution is 0.0696.